The lowest BCUT2D eigenvalue weighted by molar-refractivity contribution is -0.151. The highest BCUT2D eigenvalue weighted by Gasteiger charge is 2.31. The molecule has 124 valence electrons. The van der Waals surface area contributed by atoms with Crippen molar-refractivity contribution in [3.05, 3.63) is 29.8 Å². The molecule has 0 spiro atoms. The molecule has 2 rings (SSSR count). The maximum Gasteiger partial charge on any atom is 0.326 e. The molecule has 1 unspecified atom stereocenters. The fraction of sp³-hybridized carbons (Fsp3) is 0.438. The van der Waals surface area contributed by atoms with E-state index in [4.69, 9.17) is 5.11 Å². The number of amides is 3. The van der Waals surface area contributed by atoms with E-state index in [0.29, 0.717) is 18.7 Å². The molecule has 1 aliphatic rings. The maximum atomic E-state index is 12.1. The van der Waals surface area contributed by atoms with Crippen molar-refractivity contribution in [2.75, 3.05) is 18.4 Å². The first-order chi connectivity index (χ1) is 11.0. The Hall–Kier alpha value is -2.57. The van der Waals surface area contributed by atoms with E-state index in [0.717, 1.165) is 18.4 Å². The van der Waals surface area contributed by atoms with Crippen molar-refractivity contribution in [1.82, 2.24) is 10.2 Å². The number of likely N-dealkylation sites (tertiary alicyclic amines) is 1. The third-order valence-electron chi connectivity index (χ3n) is 3.78. The number of hydrogen-bond donors (Lipinski definition) is 3. The summed E-state index contributed by atoms with van der Waals surface area (Å²) in [5.74, 6) is -1.38. The molecule has 23 heavy (non-hydrogen) atoms. The lowest BCUT2D eigenvalue weighted by Gasteiger charge is -2.33. The number of carbonyl (C=O) groups excluding carboxylic acids is 2. The molecule has 3 amide bonds. The summed E-state index contributed by atoms with van der Waals surface area (Å²) >= 11 is 0. The molecule has 0 aromatic heterocycles. The van der Waals surface area contributed by atoms with Crippen LogP contribution in [0.25, 0.3) is 0 Å². The number of carboxylic acid groups (broad SMARTS) is 1. The van der Waals surface area contributed by atoms with Crippen LogP contribution in [0.3, 0.4) is 0 Å². The van der Waals surface area contributed by atoms with Gasteiger partial charge in [0.1, 0.15) is 6.04 Å². The summed E-state index contributed by atoms with van der Waals surface area (Å²) < 4.78 is 0. The van der Waals surface area contributed by atoms with Crippen LogP contribution in [0.1, 0.15) is 24.8 Å². The lowest BCUT2D eigenvalue weighted by Crippen LogP contribution is -2.51. The highest BCUT2D eigenvalue weighted by Crippen LogP contribution is 2.17. The average molecular weight is 319 g/mol. The number of rotatable bonds is 4. The topological polar surface area (TPSA) is 98.7 Å². The van der Waals surface area contributed by atoms with Crippen LogP contribution in [-0.4, -0.2) is 47.0 Å². The van der Waals surface area contributed by atoms with E-state index in [1.165, 1.54) is 4.90 Å². The molecule has 1 saturated heterocycles. The van der Waals surface area contributed by atoms with Crippen molar-refractivity contribution in [1.29, 1.82) is 0 Å². The van der Waals surface area contributed by atoms with E-state index in [2.05, 4.69) is 10.6 Å². The van der Waals surface area contributed by atoms with Crippen LogP contribution >= 0.6 is 0 Å². The van der Waals surface area contributed by atoms with Gasteiger partial charge < -0.3 is 20.6 Å². The van der Waals surface area contributed by atoms with Crippen LogP contribution in [0, 0.1) is 6.92 Å². The molecule has 3 N–H and O–H groups in total. The molecule has 7 heteroatoms. The monoisotopic (exact) mass is 319 g/mol. The molecule has 1 aromatic rings. The molecule has 1 atom stereocenters. The molecule has 1 aliphatic heterocycles. The summed E-state index contributed by atoms with van der Waals surface area (Å²) in [6.07, 6.45) is 2.03. The van der Waals surface area contributed by atoms with Gasteiger partial charge in [0.05, 0.1) is 6.54 Å². The largest absolute Gasteiger partial charge is 0.480 e. The van der Waals surface area contributed by atoms with Gasteiger partial charge in [0.25, 0.3) is 0 Å². The summed E-state index contributed by atoms with van der Waals surface area (Å²) in [6, 6.07) is 6.01. The zero-order valence-electron chi connectivity index (χ0n) is 13.0. The smallest absolute Gasteiger partial charge is 0.326 e. The average Bonchev–Trinajstić information content (AvgIpc) is 2.52. The number of piperidine rings is 1. The Labute approximate surface area is 134 Å². The quantitative estimate of drug-likeness (QED) is 0.784. The highest BCUT2D eigenvalue weighted by molar-refractivity contribution is 5.93. The van der Waals surface area contributed by atoms with Crippen LogP contribution in [0.2, 0.25) is 0 Å². The SMILES string of the molecule is Cc1cccc(NC(=O)NCC(=O)N2CCCCC2C(=O)O)c1. The molecule has 0 aliphatic carbocycles. The summed E-state index contributed by atoms with van der Waals surface area (Å²) in [5, 5.41) is 14.3. The fourth-order valence-corrected chi connectivity index (χ4v) is 2.64. The van der Waals surface area contributed by atoms with Crippen molar-refractivity contribution in [3.8, 4) is 0 Å². The molecule has 0 saturated carbocycles. The van der Waals surface area contributed by atoms with E-state index in [-0.39, 0.29) is 12.5 Å². The molecule has 0 bridgehead atoms. The van der Waals surface area contributed by atoms with E-state index in [1.54, 1.807) is 6.07 Å². The Morgan fingerprint density at radius 1 is 1.30 bits per heavy atom. The number of aliphatic carboxylic acids is 1. The molecule has 1 aromatic carbocycles. The number of nitrogens with zero attached hydrogens (tertiary/aromatic N) is 1. The Morgan fingerprint density at radius 3 is 2.78 bits per heavy atom. The van der Waals surface area contributed by atoms with Crippen LogP contribution in [0.15, 0.2) is 24.3 Å². The number of carboxylic acids is 1. The number of aryl methyl sites for hydroxylation is 1. The normalized spacial score (nSPS) is 17.4. The van der Waals surface area contributed by atoms with Crippen LogP contribution in [0.4, 0.5) is 10.5 Å². The van der Waals surface area contributed by atoms with Crippen LogP contribution in [0.5, 0.6) is 0 Å². The van der Waals surface area contributed by atoms with Crippen molar-refractivity contribution in [2.45, 2.75) is 32.2 Å². The third-order valence-corrected chi connectivity index (χ3v) is 3.78. The number of carbonyl (C=O) groups is 3. The van der Waals surface area contributed by atoms with Gasteiger partial charge in [0, 0.05) is 12.2 Å². The molecule has 0 radical (unpaired) electrons. The number of urea groups is 1. The lowest BCUT2D eigenvalue weighted by atomic mass is 10.0. The van der Waals surface area contributed by atoms with Crippen molar-refractivity contribution in [3.63, 3.8) is 0 Å². The predicted octanol–water partition coefficient (Wildman–Crippen LogP) is 1.58. The van der Waals surface area contributed by atoms with Gasteiger partial charge in [-0.3, -0.25) is 4.79 Å². The second-order valence-electron chi connectivity index (χ2n) is 5.61. The van der Waals surface area contributed by atoms with Crippen molar-refractivity contribution in [2.24, 2.45) is 0 Å². The van der Waals surface area contributed by atoms with Crippen molar-refractivity contribution >= 4 is 23.6 Å². The Morgan fingerprint density at radius 2 is 2.09 bits per heavy atom. The summed E-state index contributed by atoms with van der Waals surface area (Å²) in [6.45, 7) is 2.10. The highest BCUT2D eigenvalue weighted by atomic mass is 16.4. The van der Waals surface area contributed by atoms with Gasteiger partial charge >= 0.3 is 12.0 Å². The zero-order chi connectivity index (χ0) is 16.8. The number of anilines is 1. The van der Waals surface area contributed by atoms with E-state index >= 15 is 0 Å². The van der Waals surface area contributed by atoms with Gasteiger partial charge in [-0.05, 0) is 43.9 Å². The number of benzene rings is 1. The molecule has 7 nitrogen and oxygen atoms in total. The fourth-order valence-electron chi connectivity index (χ4n) is 2.64. The summed E-state index contributed by atoms with van der Waals surface area (Å²) in [7, 11) is 0. The minimum absolute atomic E-state index is 0.221. The Kier molecular flexibility index (Phi) is 5.56. The van der Waals surface area contributed by atoms with Gasteiger partial charge in [0.2, 0.25) is 5.91 Å². The van der Waals surface area contributed by atoms with E-state index in [9.17, 15) is 14.4 Å². The first-order valence-electron chi connectivity index (χ1n) is 7.61. The Balaban J connectivity index is 1.85. The molecule has 1 heterocycles. The predicted molar refractivity (Wildman–Crippen MR) is 85.2 cm³/mol. The first-order valence-corrected chi connectivity index (χ1v) is 7.61. The Bertz CT molecular complexity index is 603. The zero-order valence-corrected chi connectivity index (χ0v) is 13.0. The number of nitrogens with one attached hydrogen (secondary N) is 2. The van der Waals surface area contributed by atoms with Gasteiger partial charge in [-0.1, -0.05) is 12.1 Å². The molecule has 1 fully saturated rings. The van der Waals surface area contributed by atoms with Gasteiger partial charge in [-0.2, -0.15) is 0 Å². The van der Waals surface area contributed by atoms with E-state index in [1.807, 2.05) is 25.1 Å². The van der Waals surface area contributed by atoms with Crippen LogP contribution < -0.4 is 10.6 Å². The first kappa shape index (κ1) is 16.8. The van der Waals surface area contributed by atoms with Gasteiger partial charge in [-0.25, -0.2) is 9.59 Å². The standard InChI is InChI=1S/C16H21N3O4/c1-11-5-4-6-12(9-11)18-16(23)17-10-14(20)19-8-3-2-7-13(19)15(21)22/h4-6,9,13H,2-3,7-8,10H2,1H3,(H,21,22)(H2,17,18,23). The van der Waals surface area contributed by atoms with Gasteiger partial charge in [-0.15, -0.1) is 0 Å². The second kappa shape index (κ2) is 7.62. The minimum Gasteiger partial charge on any atom is -0.480 e. The second-order valence-corrected chi connectivity index (χ2v) is 5.61. The minimum atomic E-state index is -0.998. The maximum absolute atomic E-state index is 12.1. The molecular weight excluding hydrogens is 298 g/mol. The van der Waals surface area contributed by atoms with Crippen LogP contribution in [-0.2, 0) is 9.59 Å². The van der Waals surface area contributed by atoms with Gasteiger partial charge in [0.15, 0.2) is 0 Å². The molecular formula is C16H21N3O4. The summed E-state index contributed by atoms with van der Waals surface area (Å²) in [5.41, 5.74) is 1.65. The van der Waals surface area contributed by atoms with E-state index < -0.39 is 18.0 Å². The van der Waals surface area contributed by atoms with Crippen molar-refractivity contribution < 1.29 is 19.5 Å². The number of hydrogen-bond acceptors (Lipinski definition) is 3. The third kappa shape index (κ3) is 4.70. The summed E-state index contributed by atoms with van der Waals surface area (Å²) in [4.78, 5) is 36.5.